The van der Waals surface area contributed by atoms with E-state index in [0.29, 0.717) is 36.6 Å². The van der Waals surface area contributed by atoms with E-state index < -0.39 is 67.9 Å². The predicted octanol–water partition coefficient (Wildman–Crippen LogP) is -2.09. The van der Waals surface area contributed by atoms with Crippen molar-refractivity contribution in [1.29, 1.82) is 0 Å². The average Bonchev–Trinajstić information content (AvgIpc) is 3.63. The molecule has 15 nitrogen and oxygen atoms in total. The lowest BCUT2D eigenvalue weighted by molar-refractivity contribution is -0.145. The first-order chi connectivity index (χ1) is 22.9. The summed E-state index contributed by atoms with van der Waals surface area (Å²) in [4.78, 5) is 63.4. The zero-order valence-corrected chi connectivity index (χ0v) is 26.7. The zero-order chi connectivity index (χ0) is 35.0. The van der Waals surface area contributed by atoms with Crippen LogP contribution in [0.3, 0.4) is 0 Å². The van der Waals surface area contributed by atoms with E-state index in [-0.39, 0.29) is 37.4 Å². The third kappa shape index (κ3) is 9.20. The van der Waals surface area contributed by atoms with Gasteiger partial charge in [0.1, 0.15) is 6.04 Å². The van der Waals surface area contributed by atoms with Crippen LogP contribution in [0, 0.1) is 5.92 Å². The second kappa shape index (κ2) is 16.7. The zero-order valence-electron chi connectivity index (χ0n) is 26.7. The second-order valence-corrected chi connectivity index (χ2v) is 11.8. The highest BCUT2D eigenvalue weighted by molar-refractivity contribution is 6.62. The highest BCUT2D eigenvalue weighted by Gasteiger charge is 2.31. The van der Waals surface area contributed by atoms with Gasteiger partial charge in [0, 0.05) is 30.1 Å². The van der Waals surface area contributed by atoms with Crippen molar-refractivity contribution in [3.05, 3.63) is 58.7 Å². The van der Waals surface area contributed by atoms with Crippen molar-refractivity contribution in [2.75, 3.05) is 13.1 Å². The molecule has 2 aliphatic heterocycles. The first-order valence-corrected chi connectivity index (χ1v) is 15.8. The fourth-order valence-electron chi connectivity index (χ4n) is 5.49. The molecule has 0 radical (unpaired) electrons. The van der Waals surface area contributed by atoms with Gasteiger partial charge in [0.25, 0.3) is 11.8 Å². The van der Waals surface area contributed by atoms with Gasteiger partial charge >= 0.3 is 20.2 Å². The Labute approximate surface area is 278 Å². The number of hydrogen-bond donors (Lipinski definition) is 8. The molecule has 0 aromatic heterocycles. The monoisotopic (exact) mass is 666 g/mol. The number of aliphatic hydroxyl groups is 1. The van der Waals surface area contributed by atoms with Gasteiger partial charge in [0.05, 0.1) is 19.3 Å². The quantitative estimate of drug-likeness (QED) is 0.0715. The van der Waals surface area contributed by atoms with Crippen LogP contribution in [0.2, 0.25) is 0 Å². The number of aliphatic carboxylic acids is 1. The van der Waals surface area contributed by atoms with Crippen molar-refractivity contribution in [3.8, 4) is 0 Å². The number of rotatable bonds is 16. The van der Waals surface area contributed by atoms with E-state index in [0.717, 1.165) is 11.1 Å². The summed E-state index contributed by atoms with van der Waals surface area (Å²) in [6.45, 7) is 3.42. The van der Waals surface area contributed by atoms with Gasteiger partial charge in [-0.1, -0.05) is 25.5 Å². The molecule has 0 aliphatic carbocycles. The molecule has 2 aliphatic rings. The molecule has 0 saturated carbocycles. The Kier molecular flexibility index (Phi) is 12.7. The summed E-state index contributed by atoms with van der Waals surface area (Å²) in [5.74, 6) is -4.03. The van der Waals surface area contributed by atoms with Crippen LogP contribution in [0.4, 0.5) is 0 Å². The third-order valence-corrected chi connectivity index (χ3v) is 8.42. The Morgan fingerprint density at radius 1 is 0.833 bits per heavy atom. The summed E-state index contributed by atoms with van der Waals surface area (Å²) in [7, 11) is -2.31. The van der Waals surface area contributed by atoms with E-state index in [1.165, 1.54) is 19.1 Å². The van der Waals surface area contributed by atoms with E-state index in [2.05, 4.69) is 21.3 Å². The lowest BCUT2D eigenvalue weighted by Gasteiger charge is -2.21. The molecule has 256 valence electrons. The van der Waals surface area contributed by atoms with Gasteiger partial charge in [-0.25, -0.2) is 4.79 Å². The van der Waals surface area contributed by atoms with Gasteiger partial charge in [-0.3, -0.25) is 19.2 Å². The number of benzene rings is 2. The van der Waals surface area contributed by atoms with E-state index in [1.807, 2.05) is 0 Å². The number of nitrogens with one attached hydrogen (secondary N) is 4. The Hall–Kier alpha value is -4.28. The summed E-state index contributed by atoms with van der Waals surface area (Å²) in [5, 5.41) is 49.3. The van der Waals surface area contributed by atoms with Crippen LogP contribution in [0.1, 0.15) is 71.4 Å². The van der Waals surface area contributed by atoms with Crippen LogP contribution in [0.5, 0.6) is 0 Å². The van der Waals surface area contributed by atoms with E-state index in [1.54, 1.807) is 31.2 Å². The Morgan fingerprint density at radius 3 is 1.96 bits per heavy atom. The number of aliphatic hydroxyl groups excluding tert-OH is 1. The molecule has 48 heavy (non-hydrogen) atoms. The summed E-state index contributed by atoms with van der Waals surface area (Å²) in [6, 6.07) is 6.80. The number of hydrogen-bond acceptors (Lipinski definition) is 10. The lowest BCUT2D eigenvalue weighted by Crippen LogP contribution is -2.53. The summed E-state index contributed by atoms with van der Waals surface area (Å²) >= 11 is 0. The van der Waals surface area contributed by atoms with Crippen molar-refractivity contribution in [1.82, 2.24) is 21.3 Å². The number of carboxylic acid groups (broad SMARTS) is 1. The third-order valence-electron chi connectivity index (χ3n) is 8.42. The minimum Gasteiger partial charge on any atom is -0.480 e. The normalized spacial score (nSPS) is 15.9. The van der Waals surface area contributed by atoms with Gasteiger partial charge in [-0.2, -0.15) is 0 Å². The smallest absolute Gasteiger partial charge is 0.480 e. The van der Waals surface area contributed by atoms with Crippen molar-refractivity contribution in [3.63, 3.8) is 0 Å². The summed E-state index contributed by atoms with van der Waals surface area (Å²) in [5.41, 5.74) is 2.82. The van der Waals surface area contributed by atoms with Crippen LogP contribution in [0.25, 0.3) is 0 Å². The van der Waals surface area contributed by atoms with E-state index >= 15 is 0 Å². The van der Waals surface area contributed by atoms with Crippen molar-refractivity contribution in [2.45, 2.75) is 70.9 Å². The first-order valence-electron chi connectivity index (χ1n) is 15.8. The second-order valence-electron chi connectivity index (χ2n) is 11.8. The van der Waals surface area contributed by atoms with Crippen LogP contribution < -0.4 is 32.2 Å². The fraction of sp³-hybridized carbons (Fsp3) is 0.452. The molecule has 8 N–H and O–H groups in total. The van der Waals surface area contributed by atoms with Crippen LogP contribution in [-0.2, 0) is 36.9 Å². The molecule has 0 fully saturated rings. The molecule has 2 aromatic rings. The predicted molar refractivity (Wildman–Crippen MR) is 173 cm³/mol. The van der Waals surface area contributed by atoms with Gasteiger partial charge < -0.3 is 50.8 Å². The molecule has 17 heteroatoms. The minimum atomic E-state index is -1.42. The van der Waals surface area contributed by atoms with Gasteiger partial charge in [0.2, 0.25) is 11.8 Å². The maximum atomic E-state index is 13.3. The molecule has 4 amide bonds. The SMILES string of the molecule is CC[C@@H](CCCCNC(=O)[C@H](CNC(=O)c1ccc2c(c1)B(O)OC2)NC(=O)c1ccc2c(c1)B(O)OC2)C(=O)N[C@H](C(=O)O)[C@@H](C)O. The molecule has 0 saturated heterocycles. The van der Waals surface area contributed by atoms with Crippen molar-refractivity contribution >= 4 is 54.8 Å². The lowest BCUT2D eigenvalue weighted by atomic mass is 9.78. The fourth-order valence-corrected chi connectivity index (χ4v) is 5.49. The van der Waals surface area contributed by atoms with Crippen LogP contribution >= 0.6 is 0 Å². The Morgan fingerprint density at radius 2 is 1.42 bits per heavy atom. The number of carboxylic acids is 1. The number of carbonyl (C=O) groups is 5. The number of fused-ring (bicyclic) bond motifs is 2. The largest absolute Gasteiger partial charge is 0.491 e. The first kappa shape index (κ1) is 36.6. The molecular formula is C31H40B2N4O11. The summed E-state index contributed by atoms with van der Waals surface area (Å²) < 4.78 is 10.4. The van der Waals surface area contributed by atoms with E-state index in [4.69, 9.17) is 9.31 Å². The van der Waals surface area contributed by atoms with E-state index in [9.17, 15) is 44.2 Å². The molecule has 2 aromatic carbocycles. The highest BCUT2D eigenvalue weighted by atomic mass is 16.5. The molecule has 4 rings (SSSR count). The standard InChI is InChI=1S/C31H40B2N4O11/c1-3-18(28(40)37-26(17(2)38)31(43)44)6-4-5-11-34-30(42)25(36-29(41)20-8-10-22-16-48-33(46)24(22)13-20)14-35-27(39)19-7-9-21-15-47-32(45)23(21)12-19/h7-10,12-13,17-18,25-26,38,45-46H,3-6,11,14-16H2,1-2H3,(H,34,42)(H,35,39)(H,36,41)(H,37,40)(H,43,44)/t17-,18+,25+,26+/m1/s1. The van der Waals surface area contributed by atoms with Crippen LogP contribution in [0.15, 0.2) is 36.4 Å². The summed E-state index contributed by atoms with van der Waals surface area (Å²) in [6.07, 6.45) is 0.565. The topological polar surface area (TPSA) is 233 Å². The highest BCUT2D eigenvalue weighted by Crippen LogP contribution is 2.15. The molecule has 0 spiro atoms. The number of unbranched alkanes of at least 4 members (excludes halogenated alkanes) is 1. The number of carbonyl (C=O) groups excluding carboxylic acids is 4. The molecular weight excluding hydrogens is 626 g/mol. The number of amides is 4. The van der Waals surface area contributed by atoms with Crippen molar-refractivity contribution in [2.24, 2.45) is 5.92 Å². The van der Waals surface area contributed by atoms with Crippen LogP contribution in [-0.4, -0.2) is 95.4 Å². The molecule has 4 atom stereocenters. The van der Waals surface area contributed by atoms with Gasteiger partial charge in [-0.05, 0) is 72.5 Å². The van der Waals surface area contributed by atoms with Gasteiger partial charge in [-0.15, -0.1) is 0 Å². The minimum absolute atomic E-state index is 0.180. The van der Waals surface area contributed by atoms with Gasteiger partial charge in [0.15, 0.2) is 6.04 Å². The van der Waals surface area contributed by atoms with Crippen molar-refractivity contribution < 1.29 is 53.5 Å². The Balaban J connectivity index is 1.35. The maximum Gasteiger partial charge on any atom is 0.491 e. The maximum absolute atomic E-state index is 13.3. The average molecular weight is 666 g/mol. The Bertz CT molecular complexity index is 1530. The molecule has 0 bridgehead atoms. The molecule has 2 heterocycles. The molecule has 0 unspecified atom stereocenters.